The zero-order valence-electron chi connectivity index (χ0n) is 21.2. The van der Waals surface area contributed by atoms with E-state index < -0.39 is 47.9 Å². The van der Waals surface area contributed by atoms with E-state index >= 15 is 0 Å². The molecule has 7 nitrogen and oxygen atoms in total. The molecular weight excluding hydrogens is 520 g/mol. The lowest BCUT2D eigenvalue weighted by atomic mass is 9.64. The van der Waals surface area contributed by atoms with E-state index in [1.165, 1.54) is 18.2 Å². The fourth-order valence-corrected chi connectivity index (χ4v) is 5.55. The first-order valence-corrected chi connectivity index (χ1v) is 12.9. The summed E-state index contributed by atoms with van der Waals surface area (Å²) in [5.41, 5.74) is -0.757. The van der Waals surface area contributed by atoms with Crippen LogP contribution in [0.25, 0.3) is 0 Å². The largest absolute Gasteiger partial charge is 0.394 e. The molecule has 202 valence electrons. The maximum atomic E-state index is 14.8. The highest BCUT2D eigenvalue weighted by Crippen LogP contribution is 2.53. The molecule has 0 radical (unpaired) electrons. The lowest BCUT2D eigenvalue weighted by Crippen LogP contribution is -2.50. The lowest BCUT2D eigenvalue weighted by molar-refractivity contribution is -0.124. The molecule has 2 amide bonds. The number of fused-ring (bicyclic) bond motifs is 2. The molecule has 1 aromatic carbocycles. The number of aliphatic hydroxyl groups is 2. The average Bonchev–Trinajstić information content (AvgIpc) is 3.27. The normalized spacial score (nSPS) is 26.4. The van der Waals surface area contributed by atoms with Crippen molar-refractivity contribution in [1.29, 1.82) is 0 Å². The van der Waals surface area contributed by atoms with E-state index in [2.05, 4.69) is 22.5 Å². The van der Waals surface area contributed by atoms with Crippen molar-refractivity contribution in [1.82, 2.24) is 10.6 Å². The van der Waals surface area contributed by atoms with Gasteiger partial charge in [-0.1, -0.05) is 62.7 Å². The van der Waals surface area contributed by atoms with E-state index in [0.717, 1.165) is 0 Å². The lowest BCUT2D eigenvalue weighted by Gasteiger charge is -2.36. The molecule has 1 spiro atoms. The van der Waals surface area contributed by atoms with Crippen LogP contribution in [0.3, 0.4) is 0 Å². The fourth-order valence-electron chi connectivity index (χ4n) is 5.23. The number of carbonyl (C=O) groups excluding carboxylic acids is 2. The number of halogens is 3. The standard InChI is InChI=1S/C27H34Cl2FN3O4/c1-5-6-15(28)7-8-17-23(24(36)31-10-9-16(35)14-34)33-22(13-26(2,3)4)27(17)18-11-20(30)19(29)12-21(18)32-25(27)37/h5-8,11-12,16-17,22-23,33-35H,1,9-10,13-14H2,2-4H3,(H,31,36)(H,32,37)/t16-,17-,22+,23+,27-/m0/s1. The minimum absolute atomic E-state index is 0.116. The molecule has 0 saturated carbocycles. The molecule has 1 saturated heterocycles. The van der Waals surface area contributed by atoms with Crippen molar-refractivity contribution in [2.45, 2.75) is 57.2 Å². The number of aliphatic hydroxyl groups excluding tert-OH is 2. The van der Waals surface area contributed by atoms with Gasteiger partial charge in [0, 0.05) is 29.2 Å². The third-order valence-electron chi connectivity index (χ3n) is 6.77. The second-order valence-electron chi connectivity index (χ2n) is 10.7. The third-order valence-corrected chi connectivity index (χ3v) is 7.31. The number of anilines is 1. The Labute approximate surface area is 226 Å². The molecule has 2 aliphatic heterocycles. The fraction of sp³-hybridized carbons (Fsp3) is 0.481. The first-order valence-electron chi connectivity index (χ1n) is 12.1. The third kappa shape index (κ3) is 6.10. The van der Waals surface area contributed by atoms with Gasteiger partial charge in [0.1, 0.15) is 5.82 Å². The van der Waals surface area contributed by atoms with Crippen molar-refractivity contribution >= 4 is 40.7 Å². The van der Waals surface area contributed by atoms with Crippen LogP contribution in [0.15, 0.2) is 48.0 Å². The van der Waals surface area contributed by atoms with Gasteiger partial charge >= 0.3 is 0 Å². The Morgan fingerprint density at radius 1 is 1.38 bits per heavy atom. The van der Waals surface area contributed by atoms with Crippen LogP contribution in [-0.4, -0.2) is 53.4 Å². The molecule has 0 aliphatic carbocycles. The summed E-state index contributed by atoms with van der Waals surface area (Å²) in [6, 6.07) is 1.25. The summed E-state index contributed by atoms with van der Waals surface area (Å²) in [5.74, 6) is -2.18. The Balaban J connectivity index is 2.16. The van der Waals surface area contributed by atoms with Gasteiger partial charge in [-0.25, -0.2) is 4.39 Å². The zero-order valence-corrected chi connectivity index (χ0v) is 22.7. The van der Waals surface area contributed by atoms with Crippen LogP contribution < -0.4 is 16.0 Å². The second kappa shape index (κ2) is 11.7. The Morgan fingerprint density at radius 2 is 2.08 bits per heavy atom. The molecule has 2 aliphatic rings. The Kier molecular flexibility index (Phi) is 9.24. The van der Waals surface area contributed by atoms with Gasteiger partial charge in [-0.2, -0.15) is 0 Å². The molecule has 0 bridgehead atoms. The number of rotatable bonds is 9. The highest BCUT2D eigenvalue weighted by Gasteiger charge is 2.64. The smallest absolute Gasteiger partial charge is 0.237 e. The van der Waals surface area contributed by atoms with Crippen LogP contribution >= 0.6 is 23.2 Å². The maximum Gasteiger partial charge on any atom is 0.237 e. The molecule has 2 heterocycles. The van der Waals surface area contributed by atoms with Crippen LogP contribution in [-0.2, 0) is 15.0 Å². The summed E-state index contributed by atoms with van der Waals surface area (Å²) in [6.07, 6.45) is 6.09. The molecular formula is C27H34Cl2FN3O4. The Morgan fingerprint density at radius 3 is 2.70 bits per heavy atom. The highest BCUT2D eigenvalue weighted by molar-refractivity contribution is 6.31. The number of benzene rings is 1. The minimum atomic E-state index is -1.33. The predicted octanol–water partition coefficient (Wildman–Crippen LogP) is 3.79. The van der Waals surface area contributed by atoms with E-state index in [-0.39, 0.29) is 29.3 Å². The predicted molar refractivity (Wildman–Crippen MR) is 144 cm³/mol. The van der Waals surface area contributed by atoms with Crippen LogP contribution in [0.2, 0.25) is 5.02 Å². The molecule has 5 N–H and O–H groups in total. The second-order valence-corrected chi connectivity index (χ2v) is 11.5. The number of nitrogens with one attached hydrogen (secondary N) is 3. The molecule has 37 heavy (non-hydrogen) atoms. The molecule has 3 rings (SSSR count). The van der Waals surface area contributed by atoms with Crippen LogP contribution in [0.5, 0.6) is 0 Å². The molecule has 0 aromatic heterocycles. The van der Waals surface area contributed by atoms with E-state index in [1.54, 1.807) is 18.2 Å². The number of carbonyl (C=O) groups is 2. The first-order chi connectivity index (χ1) is 17.3. The van der Waals surface area contributed by atoms with Gasteiger partial charge in [-0.3, -0.25) is 9.59 Å². The topological polar surface area (TPSA) is 111 Å². The average molecular weight is 554 g/mol. The summed E-state index contributed by atoms with van der Waals surface area (Å²) in [7, 11) is 0. The van der Waals surface area contributed by atoms with Crippen molar-refractivity contribution in [3.8, 4) is 0 Å². The molecule has 10 heteroatoms. The molecule has 1 aromatic rings. The first kappa shape index (κ1) is 29.3. The number of amides is 2. The highest BCUT2D eigenvalue weighted by atomic mass is 35.5. The van der Waals surface area contributed by atoms with Gasteiger partial charge in [0.25, 0.3) is 0 Å². The summed E-state index contributed by atoms with van der Waals surface area (Å²) in [6.45, 7) is 9.41. The van der Waals surface area contributed by atoms with Gasteiger partial charge in [-0.15, -0.1) is 0 Å². The number of hydrogen-bond acceptors (Lipinski definition) is 5. The van der Waals surface area contributed by atoms with Crippen LogP contribution in [0.4, 0.5) is 10.1 Å². The van der Waals surface area contributed by atoms with Crippen molar-refractivity contribution < 1.29 is 24.2 Å². The van der Waals surface area contributed by atoms with Crippen molar-refractivity contribution in [3.63, 3.8) is 0 Å². The summed E-state index contributed by atoms with van der Waals surface area (Å²) < 4.78 is 14.8. The van der Waals surface area contributed by atoms with Crippen molar-refractivity contribution in [2.75, 3.05) is 18.5 Å². The summed E-state index contributed by atoms with van der Waals surface area (Å²) in [5, 5.41) is 28.0. The molecule has 1 fully saturated rings. The quantitative estimate of drug-likeness (QED) is 0.299. The van der Waals surface area contributed by atoms with E-state index in [9.17, 15) is 19.1 Å². The zero-order chi connectivity index (χ0) is 27.5. The summed E-state index contributed by atoms with van der Waals surface area (Å²) >= 11 is 12.3. The monoisotopic (exact) mass is 553 g/mol. The van der Waals surface area contributed by atoms with Gasteiger partial charge in [0.05, 0.1) is 29.2 Å². The maximum absolute atomic E-state index is 14.8. The Hall–Kier alpha value is -2.23. The van der Waals surface area contributed by atoms with E-state index in [4.69, 9.17) is 28.3 Å². The number of hydrogen-bond donors (Lipinski definition) is 5. The SMILES string of the molecule is C=CC=C(Cl)C=C[C@H]1[C@H](C(=O)NCC[C@H](O)CO)N[C@H](CC(C)(C)C)[C@]12C(=O)Nc1cc(Cl)c(F)cc12. The van der Waals surface area contributed by atoms with Gasteiger partial charge in [-0.05, 0) is 48.1 Å². The van der Waals surface area contributed by atoms with Crippen molar-refractivity contribution in [2.24, 2.45) is 11.3 Å². The van der Waals surface area contributed by atoms with Gasteiger partial charge in [0.15, 0.2) is 0 Å². The summed E-state index contributed by atoms with van der Waals surface area (Å²) in [4.78, 5) is 27.3. The van der Waals surface area contributed by atoms with Crippen LogP contribution in [0, 0.1) is 17.2 Å². The minimum Gasteiger partial charge on any atom is -0.394 e. The Bertz CT molecular complexity index is 1120. The number of allylic oxidation sites excluding steroid dienone is 4. The van der Waals surface area contributed by atoms with Gasteiger partial charge in [0.2, 0.25) is 11.8 Å². The van der Waals surface area contributed by atoms with Crippen molar-refractivity contribution in [3.05, 3.63) is 64.5 Å². The van der Waals surface area contributed by atoms with Crippen LogP contribution in [0.1, 0.15) is 39.2 Å². The molecule has 5 atom stereocenters. The van der Waals surface area contributed by atoms with Gasteiger partial charge < -0.3 is 26.2 Å². The van der Waals surface area contributed by atoms with E-state index in [0.29, 0.717) is 22.7 Å². The molecule has 0 unspecified atom stereocenters. The van der Waals surface area contributed by atoms with E-state index in [1.807, 2.05) is 20.8 Å².